The van der Waals surface area contributed by atoms with Gasteiger partial charge >= 0.3 is 5.97 Å². The van der Waals surface area contributed by atoms with Gasteiger partial charge in [-0.05, 0) is 39.0 Å². The van der Waals surface area contributed by atoms with Crippen LogP contribution in [0.1, 0.15) is 46.0 Å². The molecule has 2 fully saturated rings. The van der Waals surface area contributed by atoms with Gasteiger partial charge in [-0.3, -0.25) is 4.79 Å². The molecule has 19 heavy (non-hydrogen) atoms. The molecule has 0 aromatic rings. The van der Waals surface area contributed by atoms with Crippen LogP contribution in [-0.2, 0) is 14.3 Å². The van der Waals surface area contributed by atoms with E-state index in [0.29, 0.717) is 18.9 Å². The number of hydrogen-bond donors (Lipinski definition) is 1. The Morgan fingerprint density at radius 2 is 2.05 bits per heavy atom. The average Bonchev–Trinajstić information content (AvgIpc) is 2.77. The molecule has 1 aliphatic carbocycles. The van der Waals surface area contributed by atoms with Crippen molar-refractivity contribution in [3.8, 4) is 0 Å². The van der Waals surface area contributed by atoms with Crippen molar-refractivity contribution in [2.45, 2.75) is 64.1 Å². The van der Waals surface area contributed by atoms with Gasteiger partial charge in [-0.15, -0.1) is 0 Å². The van der Waals surface area contributed by atoms with Crippen LogP contribution in [0.3, 0.4) is 0 Å². The molecule has 0 radical (unpaired) electrons. The topological polar surface area (TPSA) is 66.8 Å². The maximum absolute atomic E-state index is 12.4. The van der Waals surface area contributed by atoms with Gasteiger partial charge in [0.15, 0.2) is 0 Å². The van der Waals surface area contributed by atoms with Crippen molar-refractivity contribution in [1.29, 1.82) is 0 Å². The molecule has 2 aliphatic rings. The molecule has 1 heterocycles. The van der Waals surface area contributed by atoms with E-state index in [1.807, 2.05) is 6.92 Å². The normalized spacial score (nSPS) is 31.9. The lowest BCUT2D eigenvalue weighted by atomic mass is 9.84. The largest absolute Gasteiger partial charge is 0.480 e. The van der Waals surface area contributed by atoms with Crippen LogP contribution < -0.4 is 0 Å². The molecule has 108 valence electrons. The number of carbonyl (C=O) groups is 2. The molecule has 0 unspecified atom stereocenters. The fourth-order valence-electron chi connectivity index (χ4n) is 3.53. The van der Waals surface area contributed by atoms with Crippen molar-refractivity contribution in [2.24, 2.45) is 5.92 Å². The molecule has 1 aliphatic heterocycles. The molecule has 1 amide bonds. The van der Waals surface area contributed by atoms with Crippen LogP contribution in [0.4, 0.5) is 0 Å². The Hall–Kier alpha value is -1.10. The van der Waals surface area contributed by atoms with Gasteiger partial charge in [-0.25, -0.2) is 4.79 Å². The van der Waals surface area contributed by atoms with Gasteiger partial charge in [0.05, 0.1) is 0 Å². The molecule has 1 saturated carbocycles. The number of carboxylic acids is 1. The zero-order valence-electron chi connectivity index (χ0n) is 11.7. The van der Waals surface area contributed by atoms with E-state index >= 15 is 0 Å². The fourth-order valence-corrected chi connectivity index (χ4v) is 3.53. The number of carbonyl (C=O) groups excluding carboxylic acids is 1. The highest BCUT2D eigenvalue weighted by molar-refractivity contribution is 5.87. The van der Waals surface area contributed by atoms with Crippen LogP contribution in [0.2, 0.25) is 0 Å². The SMILES string of the molecule is CCO[C@H](C)C(=O)N1[C@@H]2CCCC[C@@H]2C[C@H]1C(=O)O. The molecule has 1 N–H and O–H groups in total. The van der Waals surface area contributed by atoms with Gasteiger partial charge in [-0.2, -0.15) is 0 Å². The van der Waals surface area contributed by atoms with E-state index < -0.39 is 18.1 Å². The second-order valence-electron chi connectivity index (χ2n) is 5.54. The van der Waals surface area contributed by atoms with Crippen molar-refractivity contribution in [3.63, 3.8) is 0 Å². The summed E-state index contributed by atoms with van der Waals surface area (Å²) in [5.41, 5.74) is 0. The Morgan fingerprint density at radius 1 is 1.37 bits per heavy atom. The first-order chi connectivity index (χ1) is 9.06. The third-order valence-corrected chi connectivity index (χ3v) is 4.39. The molecule has 0 aromatic heterocycles. The maximum atomic E-state index is 12.4. The van der Waals surface area contributed by atoms with Gasteiger partial charge in [0.25, 0.3) is 5.91 Å². The summed E-state index contributed by atoms with van der Waals surface area (Å²) in [6, 6.07) is -0.561. The van der Waals surface area contributed by atoms with E-state index in [1.54, 1.807) is 11.8 Å². The van der Waals surface area contributed by atoms with Crippen LogP contribution in [-0.4, -0.2) is 46.7 Å². The Labute approximate surface area is 113 Å². The van der Waals surface area contributed by atoms with E-state index in [4.69, 9.17) is 4.74 Å². The zero-order valence-corrected chi connectivity index (χ0v) is 11.7. The second-order valence-corrected chi connectivity index (χ2v) is 5.54. The predicted octanol–water partition coefficient (Wildman–Crippen LogP) is 1.66. The van der Waals surface area contributed by atoms with Crippen molar-refractivity contribution >= 4 is 11.9 Å². The third kappa shape index (κ3) is 2.76. The second kappa shape index (κ2) is 5.90. The minimum Gasteiger partial charge on any atom is -0.480 e. The summed E-state index contributed by atoms with van der Waals surface area (Å²) in [4.78, 5) is 25.5. The molecule has 5 nitrogen and oxygen atoms in total. The van der Waals surface area contributed by atoms with Crippen LogP contribution in [0, 0.1) is 5.92 Å². The summed E-state index contributed by atoms with van der Waals surface area (Å²) in [6.45, 7) is 4.01. The minimum atomic E-state index is -0.883. The van der Waals surface area contributed by atoms with Crippen molar-refractivity contribution in [2.75, 3.05) is 6.61 Å². The van der Waals surface area contributed by atoms with E-state index in [-0.39, 0.29) is 11.9 Å². The first-order valence-corrected chi connectivity index (χ1v) is 7.22. The zero-order chi connectivity index (χ0) is 14.0. The standard InChI is InChI=1S/C14H23NO4/c1-3-19-9(2)13(16)15-11-7-5-4-6-10(11)8-12(15)14(17)18/h9-12H,3-8H2,1-2H3,(H,17,18)/t9-,10-,11-,12+/m1/s1. The first kappa shape index (κ1) is 14.3. The average molecular weight is 269 g/mol. The monoisotopic (exact) mass is 269 g/mol. The summed E-state index contributed by atoms with van der Waals surface area (Å²) in [5, 5.41) is 9.36. The number of ether oxygens (including phenoxy) is 1. The number of carboxylic acid groups (broad SMARTS) is 1. The molecule has 1 saturated heterocycles. The van der Waals surface area contributed by atoms with Crippen molar-refractivity contribution in [1.82, 2.24) is 4.90 Å². The lowest BCUT2D eigenvalue weighted by molar-refractivity contribution is -0.155. The molecule has 4 atom stereocenters. The predicted molar refractivity (Wildman–Crippen MR) is 69.7 cm³/mol. The smallest absolute Gasteiger partial charge is 0.326 e. The number of fused-ring (bicyclic) bond motifs is 1. The number of likely N-dealkylation sites (tertiary alicyclic amines) is 1. The van der Waals surface area contributed by atoms with Gasteiger partial charge < -0.3 is 14.7 Å². The number of rotatable bonds is 4. The van der Waals surface area contributed by atoms with Crippen molar-refractivity contribution < 1.29 is 19.4 Å². The quantitative estimate of drug-likeness (QED) is 0.842. The Balaban J connectivity index is 2.17. The number of hydrogen-bond acceptors (Lipinski definition) is 3. The number of aliphatic carboxylic acids is 1. The molecule has 0 bridgehead atoms. The maximum Gasteiger partial charge on any atom is 0.326 e. The van der Waals surface area contributed by atoms with E-state index in [9.17, 15) is 14.7 Å². The van der Waals surface area contributed by atoms with Crippen molar-refractivity contribution in [3.05, 3.63) is 0 Å². The minimum absolute atomic E-state index is 0.102. The summed E-state index contributed by atoms with van der Waals surface area (Å²) in [7, 11) is 0. The molecule has 0 spiro atoms. The summed E-state index contributed by atoms with van der Waals surface area (Å²) >= 11 is 0. The molecule has 5 heteroatoms. The van der Waals surface area contributed by atoms with Crippen LogP contribution in [0.5, 0.6) is 0 Å². The summed E-state index contributed by atoms with van der Waals surface area (Å²) < 4.78 is 5.34. The van der Waals surface area contributed by atoms with Gasteiger partial charge in [0.1, 0.15) is 12.1 Å². The molecular weight excluding hydrogens is 246 g/mol. The Bertz CT molecular complexity index is 357. The van der Waals surface area contributed by atoms with Gasteiger partial charge in [0.2, 0.25) is 0 Å². The summed E-state index contributed by atoms with van der Waals surface area (Å²) in [5.74, 6) is -0.692. The lowest BCUT2D eigenvalue weighted by Gasteiger charge is -2.34. The van der Waals surface area contributed by atoms with Gasteiger partial charge in [-0.1, -0.05) is 12.8 Å². The van der Waals surface area contributed by atoms with E-state index in [2.05, 4.69) is 0 Å². The first-order valence-electron chi connectivity index (χ1n) is 7.22. The highest BCUT2D eigenvalue weighted by atomic mass is 16.5. The highest BCUT2D eigenvalue weighted by Gasteiger charge is 2.48. The molecular formula is C14H23NO4. The number of amides is 1. The highest BCUT2D eigenvalue weighted by Crippen LogP contribution is 2.40. The summed E-state index contributed by atoms with van der Waals surface area (Å²) in [6.07, 6.45) is 4.26. The molecule has 0 aromatic carbocycles. The Morgan fingerprint density at radius 3 is 2.68 bits per heavy atom. The fraction of sp³-hybridized carbons (Fsp3) is 0.857. The third-order valence-electron chi connectivity index (χ3n) is 4.39. The Kier molecular flexibility index (Phi) is 4.45. The lowest BCUT2D eigenvalue weighted by Crippen LogP contribution is -2.50. The van der Waals surface area contributed by atoms with Gasteiger partial charge in [0, 0.05) is 12.6 Å². The van der Waals surface area contributed by atoms with Crippen LogP contribution >= 0.6 is 0 Å². The van der Waals surface area contributed by atoms with E-state index in [1.165, 1.54) is 0 Å². The van der Waals surface area contributed by atoms with E-state index in [0.717, 1.165) is 25.7 Å². The van der Waals surface area contributed by atoms with Crippen LogP contribution in [0.15, 0.2) is 0 Å². The van der Waals surface area contributed by atoms with Crippen LogP contribution in [0.25, 0.3) is 0 Å². The molecule has 2 rings (SSSR count). The number of nitrogens with zero attached hydrogens (tertiary/aromatic N) is 1.